The third-order valence-electron chi connectivity index (χ3n) is 5.96. The molecule has 1 amide bonds. The number of nitrogens with one attached hydrogen (secondary N) is 1. The highest BCUT2D eigenvalue weighted by Gasteiger charge is 2.46. The molecule has 4 atom stereocenters. The van der Waals surface area contributed by atoms with Crippen molar-refractivity contribution in [1.29, 1.82) is 0 Å². The first-order chi connectivity index (χ1) is 15.0. The Hall–Kier alpha value is -3.66. The Bertz CT molecular complexity index is 1070. The van der Waals surface area contributed by atoms with Gasteiger partial charge >= 0.3 is 5.97 Å². The lowest BCUT2D eigenvalue weighted by atomic mass is 9.66. The van der Waals surface area contributed by atoms with E-state index >= 15 is 0 Å². The van der Waals surface area contributed by atoms with Gasteiger partial charge < -0.3 is 10.4 Å². The average Bonchev–Trinajstić information content (AvgIpc) is 2.80. The molecule has 4 nitrogen and oxygen atoms in total. The summed E-state index contributed by atoms with van der Waals surface area (Å²) in [6, 6.07) is 26.7. The summed E-state index contributed by atoms with van der Waals surface area (Å²) in [5, 5.41) is 13.2. The Morgan fingerprint density at radius 3 is 1.68 bits per heavy atom. The summed E-state index contributed by atoms with van der Waals surface area (Å²) in [7, 11) is 0. The lowest BCUT2D eigenvalue weighted by Crippen LogP contribution is -2.42. The Balaban J connectivity index is 1.76. The van der Waals surface area contributed by atoms with Crippen LogP contribution in [0.25, 0.3) is 0 Å². The van der Waals surface area contributed by atoms with E-state index in [2.05, 4.69) is 5.32 Å². The van der Waals surface area contributed by atoms with Crippen molar-refractivity contribution in [3.8, 4) is 0 Å². The van der Waals surface area contributed by atoms with Crippen LogP contribution in [0.5, 0.6) is 0 Å². The molecule has 31 heavy (non-hydrogen) atoms. The summed E-state index contributed by atoms with van der Waals surface area (Å²) >= 11 is 0. The number of allylic oxidation sites excluding steroid dienone is 2. The van der Waals surface area contributed by atoms with Crippen LogP contribution >= 0.6 is 0 Å². The highest BCUT2D eigenvalue weighted by Crippen LogP contribution is 2.45. The number of rotatable bonds is 5. The molecule has 0 fully saturated rings. The van der Waals surface area contributed by atoms with E-state index in [0.29, 0.717) is 5.69 Å². The molecule has 0 aliphatic heterocycles. The molecule has 0 saturated carbocycles. The van der Waals surface area contributed by atoms with Gasteiger partial charge in [-0.1, -0.05) is 90.5 Å². The third kappa shape index (κ3) is 4.43. The van der Waals surface area contributed by atoms with Crippen molar-refractivity contribution in [2.45, 2.75) is 18.8 Å². The first-order valence-corrected chi connectivity index (χ1v) is 10.4. The number of anilines is 1. The molecule has 4 rings (SSSR count). The first-order valence-electron chi connectivity index (χ1n) is 10.4. The number of carboxylic acids is 1. The van der Waals surface area contributed by atoms with Crippen molar-refractivity contribution in [3.05, 3.63) is 114 Å². The van der Waals surface area contributed by atoms with E-state index < -0.39 is 17.8 Å². The number of benzene rings is 3. The molecule has 1 aliphatic rings. The smallest absolute Gasteiger partial charge is 0.308 e. The molecule has 3 aromatic carbocycles. The number of aryl methyl sites for hydroxylation is 1. The van der Waals surface area contributed by atoms with E-state index in [1.54, 1.807) is 0 Å². The highest BCUT2D eigenvalue weighted by molar-refractivity contribution is 5.96. The van der Waals surface area contributed by atoms with Gasteiger partial charge in [-0.05, 0) is 30.2 Å². The quantitative estimate of drug-likeness (QED) is 0.553. The van der Waals surface area contributed by atoms with Crippen molar-refractivity contribution >= 4 is 17.6 Å². The average molecular weight is 412 g/mol. The predicted molar refractivity (Wildman–Crippen MR) is 122 cm³/mol. The summed E-state index contributed by atoms with van der Waals surface area (Å²) in [5.74, 6) is -3.60. The van der Waals surface area contributed by atoms with Gasteiger partial charge in [0.05, 0.1) is 11.8 Å². The Morgan fingerprint density at radius 1 is 0.710 bits per heavy atom. The van der Waals surface area contributed by atoms with Crippen molar-refractivity contribution in [2.24, 2.45) is 11.8 Å². The van der Waals surface area contributed by atoms with Crippen LogP contribution in [-0.4, -0.2) is 17.0 Å². The van der Waals surface area contributed by atoms with Crippen LogP contribution in [0, 0.1) is 18.8 Å². The van der Waals surface area contributed by atoms with Crippen LogP contribution in [0.15, 0.2) is 97.1 Å². The van der Waals surface area contributed by atoms with E-state index in [1.807, 2.05) is 104 Å². The monoisotopic (exact) mass is 411 g/mol. The minimum Gasteiger partial charge on any atom is -0.481 e. The minimum absolute atomic E-state index is 0.282. The van der Waals surface area contributed by atoms with E-state index in [-0.39, 0.29) is 17.7 Å². The van der Waals surface area contributed by atoms with Gasteiger partial charge in [0.1, 0.15) is 0 Å². The van der Waals surface area contributed by atoms with Crippen molar-refractivity contribution in [1.82, 2.24) is 0 Å². The summed E-state index contributed by atoms with van der Waals surface area (Å²) in [4.78, 5) is 26.0. The van der Waals surface area contributed by atoms with Gasteiger partial charge in [0, 0.05) is 17.5 Å². The predicted octanol–water partition coefficient (Wildman–Crippen LogP) is 5.39. The standard InChI is InChI=1S/C27H25NO3/c1-18-12-14-21(15-13-18)28-26(29)24-22(19-8-4-2-5-9-19)16-17-23(25(24)27(30)31)20-10-6-3-7-11-20/h2-17,22-25H,1H3,(H,28,29)(H,30,31)/t22-,23+,24-,25-/m0/s1. The molecule has 3 aromatic rings. The van der Waals surface area contributed by atoms with Crippen molar-refractivity contribution in [3.63, 3.8) is 0 Å². The molecule has 0 radical (unpaired) electrons. The second-order valence-electron chi connectivity index (χ2n) is 8.00. The Labute approximate surface area is 182 Å². The summed E-state index contributed by atoms with van der Waals surface area (Å²) < 4.78 is 0. The number of carboxylic acid groups (broad SMARTS) is 1. The fourth-order valence-corrected chi connectivity index (χ4v) is 4.41. The minimum atomic E-state index is -0.969. The molecule has 2 N–H and O–H groups in total. The van der Waals surface area contributed by atoms with Gasteiger partial charge in [0.15, 0.2) is 0 Å². The topological polar surface area (TPSA) is 66.4 Å². The first kappa shape index (κ1) is 20.6. The van der Waals surface area contributed by atoms with Gasteiger partial charge in [-0.2, -0.15) is 0 Å². The Morgan fingerprint density at radius 2 is 1.19 bits per heavy atom. The molecule has 156 valence electrons. The molecule has 0 spiro atoms. The molecule has 1 aliphatic carbocycles. The SMILES string of the molecule is Cc1ccc(NC(=O)[C@@H]2[C@@H](C(=O)O)[C@@H](c3ccccc3)C=C[C@H]2c2ccccc2)cc1. The number of carbonyl (C=O) groups is 2. The highest BCUT2D eigenvalue weighted by atomic mass is 16.4. The largest absolute Gasteiger partial charge is 0.481 e. The number of amides is 1. The third-order valence-corrected chi connectivity index (χ3v) is 5.96. The van der Waals surface area contributed by atoms with E-state index in [0.717, 1.165) is 16.7 Å². The van der Waals surface area contributed by atoms with Crippen LogP contribution in [0.2, 0.25) is 0 Å². The lowest BCUT2D eigenvalue weighted by Gasteiger charge is -2.37. The van der Waals surface area contributed by atoms with Gasteiger partial charge in [-0.15, -0.1) is 0 Å². The molecule has 0 aromatic heterocycles. The van der Waals surface area contributed by atoms with Gasteiger partial charge in [0.25, 0.3) is 0 Å². The van der Waals surface area contributed by atoms with Crippen molar-refractivity contribution in [2.75, 3.05) is 5.32 Å². The summed E-state index contributed by atoms with van der Waals surface area (Å²) in [6.45, 7) is 1.98. The normalized spacial score (nSPS) is 22.6. The van der Waals surface area contributed by atoms with Gasteiger partial charge in [0.2, 0.25) is 5.91 Å². The molecule has 0 saturated heterocycles. The second kappa shape index (κ2) is 9.00. The zero-order chi connectivity index (χ0) is 21.8. The van der Waals surface area contributed by atoms with Gasteiger partial charge in [-0.25, -0.2) is 0 Å². The van der Waals surface area contributed by atoms with Crippen LogP contribution < -0.4 is 5.32 Å². The van der Waals surface area contributed by atoms with E-state index in [9.17, 15) is 14.7 Å². The Kier molecular flexibility index (Phi) is 5.99. The molecular formula is C27H25NO3. The fourth-order valence-electron chi connectivity index (χ4n) is 4.41. The molecule has 4 heteroatoms. The van der Waals surface area contributed by atoms with E-state index in [4.69, 9.17) is 0 Å². The van der Waals surface area contributed by atoms with Crippen molar-refractivity contribution < 1.29 is 14.7 Å². The maximum Gasteiger partial charge on any atom is 0.308 e. The summed E-state index contributed by atoms with van der Waals surface area (Å²) in [6.07, 6.45) is 3.94. The van der Waals surface area contributed by atoms with Crippen LogP contribution in [0.1, 0.15) is 28.5 Å². The number of hydrogen-bond donors (Lipinski definition) is 2. The molecule has 0 unspecified atom stereocenters. The fraction of sp³-hybridized carbons (Fsp3) is 0.185. The number of carbonyl (C=O) groups excluding carboxylic acids is 1. The number of hydrogen-bond acceptors (Lipinski definition) is 2. The zero-order valence-electron chi connectivity index (χ0n) is 17.3. The second-order valence-corrected chi connectivity index (χ2v) is 8.00. The lowest BCUT2D eigenvalue weighted by molar-refractivity contribution is -0.147. The molecule has 0 bridgehead atoms. The summed E-state index contributed by atoms with van der Waals surface area (Å²) in [5.41, 5.74) is 3.58. The maximum atomic E-state index is 13.5. The number of aliphatic carboxylic acids is 1. The van der Waals surface area contributed by atoms with E-state index in [1.165, 1.54) is 0 Å². The van der Waals surface area contributed by atoms with Crippen LogP contribution in [0.4, 0.5) is 5.69 Å². The molecular weight excluding hydrogens is 386 g/mol. The van der Waals surface area contributed by atoms with Crippen LogP contribution in [-0.2, 0) is 9.59 Å². The van der Waals surface area contributed by atoms with Gasteiger partial charge in [-0.3, -0.25) is 9.59 Å². The molecule has 0 heterocycles. The maximum absolute atomic E-state index is 13.5. The zero-order valence-corrected chi connectivity index (χ0v) is 17.3. The van der Waals surface area contributed by atoms with Crippen LogP contribution in [0.3, 0.4) is 0 Å².